The van der Waals surface area contributed by atoms with Gasteiger partial charge in [0.1, 0.15) is 0 Å². The van der Waals surface area contributed by atoms with Crippen molar-refractivity contribution in [1.82, 2.24) is 15.3 Å². The third-order valence-corrected chi connectivity index (χ3v) is 3.61. The highest BCUT2D eigenvalue weighted by molar-refractivity contribution is 5.94. The number of pyridine rings is 1. The standard InChI is InChI=1S/C13H20N4O/c1-17(10-5-2-3-6-10)9-12-11(13(18)16-14)7-4-8-15-12/h4,7-8,10H,2-3,5-6,9,14H2,1H3,(H,16,18). The smallest absolute Gasteiger partial charge is 0.267 e. The molecule has 18 heavy (non-hydrogen) atoms. The molecule has 1 aromatic heterocycles. The summed E-state index contributed by atoms with van der Waals surface area (Å²) in [6.07, 6.45) is 6.79. The predicted octanol–water partition coefficient (Wildman–Crippen LogP) is 1.06. The first-order chi connectivity index (χ1) is 8.72. The molecular weight excluding hydrogens is 228 g/mol. The normalized spacial score (nSPS) is 16.2. The second kappa shape index (κ2) is 5.93. The maximum atomic E-state index is 11.6. The van der Waals surface area contributed by atoms with E-state index in [1.165, 1.54) is 25.7 Å². The van der Waals surface area contributed by atoms with Crippen LogP contribution >= 0.6 is 0 Å². The van der Waals surface area contributed by atoms with Crippen LogP contribution in [-0.4, -0.2) is 28.9 Å². The van der Waals surface area contributed by atoms with Gasteiger partial charge in [0.25, 0.3) is 5.91 Å². The summed E-state index contributed by atoms with van der Waals surface area (Å²) < 4.78 is 0. The minimum atomic E-state index is -0.280. The van der Waals surface area contributed by atoms with Crippen LogP contribution in [0.1, 0.15) is 41.7 Å². The molecule has 1 amide bonds. The number of nitrogens with zero attached hydrogens (tertiary/aromatic N) is 2. The van der Waals surface area contributed by atoms with Crippen LogP contribution in [0.4, 0.5) is 0 Å². The van der Waals surface area contributed by atoms with Crippen molar-refractivity contribution in [2.75, 3.05) is 7.05 Å². The maximum Gasteiger partial charge on any atom is 0.267 e. The molecule has 0 aliphatic heterocycles. The van der Waals surface area contributed by atoms with Crippen molar-refractivity contribution in [3.05, 3.63) is 29.6 Å². The molecule has 1 saturated carbocycles. The van der Waals surface area contributed by atoms with E-state index in [1.807, 2.05) is 0 Å². The van der Waals surface area contributed by atoms with E-state index in [0.29, 0.717) is 18.2 Å². The van der Waals surface area contributed by atoms with Gasteiger partial charge in [-0.1, -0.05) is 12.8 Å². The van der Waals surface area contributed by atoms with Gasteiger partial charge in [0.15, 0.2) is 0 Å². The second-order valence-electron chi connectivity index (χ2n) is 4.82. The summed E-state index contributed by atoms with van der Waals surface area (Å²) >= 11 is 0. The van der Waals surface area contributed by atoms with E-state index in [4.69, 9.17) is 5.84 Å². The van der Waals surface area contributed by atoms with Crippen LogP contribution in [0.25, 0.3) is 0 Å². The SMILES string of the molecule is CN(Cc1ncccc1C(=O)NN)C1CCCC1. The summed E-state index contributed by atoms with van der Waals surface area (Å²) in [6, 6.07) is 4.12. The van der Waals surface area contributed by atoms with Gasteiger partial charge in [-0.05, 0) is 32.0 Å². The molecule has 3 N–H and O–H groups in total. The van der Waals surface area contributed by atoms with Crippen molar-refractivity contribution in [3.8, 4) is 0 Å². The third-order valence-electron chi connectivity index (χ3n) is 3.61. The van der Waals surface area contributed by atoms with Gasteiger partial charge >= 0.3 is 0 Å². The van der Waals surface area contributed by atoms with Crippen LogP contribution in [0.3, 0.4) is 0 Å². The number of nitrogens with two attached hydrogens (primary N) is 1. The summed E-state index contributed by atoms with van der Waals surface area (Å²) in [6.45, 7) is 0.689. The molecule has 1 heterocycles. The third kappa shape index (κ3) is 2.86. The van der Waals surface area contributed by atoms with E-state index in [2.05, 4.69) is 22.4 Å². The Bertz CT molecular complexity index is 415. The Morgan fingerprint density at radius 3 is 2.94 bits per heavy atom. The van der Waals surface area contributed by atoms with Crippen molar-refractivity contribution in [1.29, 1.82) is 0 Å². The number of carbonyl (C=O) groups excluding carboxylic acids is 1. The molecule has 1 fully saturated rings. The summed E-state index contributed by atoms with van der Waals surface area (Å²) in [5.74, 6) is 4.91. The van der Waals surface area contributed by atoms with Gasteiger partial charge in [-0.3, -0.25) is 20.1 Å². The van der Waals surface area contributed by atoms with Crippen LogP contribution in [-0.2, 0) is 6.54 Å². The fourth-order valence-corrected chi connectivity index (χ4v) is 2.56. The molecule has 2 rings (SSSR count). The molecule has 5 heteroatoms. The minimum Gasteiger partial charge on any atom is -0.298 e. The largest absolute Gasteiger partial charge is 0.298 e. The highest BCUT2D eigenvalue weighted by atomic mass is 16.2. The first-order valence-electron chi connectivity index (χ1n) is 6.37. The molecule has 0 bridgehead atoms. The van der Waals surface area contributed by atoms with Gasteiger partial charge in [0.2, 0.25) is 0 Å². The molecule has 1 aliphatic carbocycles. The van der Waals surface area contributed by atoms with Gasteiger partial charge in [0.05, 0.1) is 11.3 Å². The summed E-state index contributed by atoms with van der Waals surface area (Å²) in [5.41, 5.74) is 3.51. The number of nitrogen functional groups attached to an aromatic ring is 1. The van der Waals surface area contributed by atoms with Crippen LogP contribution in [0.2, 0.25) is 0 Å². The van der Waals surface area contributed by atoms with E-state index in [1.54, 1.807) is 18.3 Å². The van der Waals surface area contributed by atoms with Crippen LogP contribution in [0, 0.1) is 0 Å². The van der Waals surface area contributed by atoms with Gasteiger partial charge in [-0.15, -0.1) is 0 Å². The molecule has 0 aromatic carbocycles. The highest BCUT2D eigenvalue weighted by Crippen LogP contribution is 2.23. The Morgan fingerprint density at radius 2 is 2.28 bits per heavy atom. The number of rotatable bonds is 4. The zero-order valence-corrected chi connectivity index (χ0v) is 10.7. The molecular formula is C13H20N4O. The minimum absolute atomic E-state index is 0.280. The number of hydrazine groups is 1. The predicted molar refractivity (Wildman–Crippen MR) is 69.6 cm³/mol. The number of aromatic nitrogens is 1. The van der Waals surface area contributed by atoms with Crippen LogP contribution in [0.5, 0.6) is 0 Å². The Labute approximate surface area is 107 Å². The molecule has 5 nitrogen and oxygen atoms in total. The Hall–Kier alpha value is -1.46. The first kappa shape index (κ1) is 13.0. The Morgan fingerprint density at radius 1 is 1.56 bits per heavy atom. The maximum absolute atomic E-state index is 11.6. The lowest BCUT2D eigenvalue weighted by molar-refractivity contribution is 0.0950. The zero-order valence-electron chi connectivity index (χ0n) is 10.7. The van der Waals surface area contributed by atoms with Crippen molar-refractivity contribution < 1.29 is 4.79 Å². The number of hydrogen-bond acceptors (Lipinski definition) is 4. The summed E-state index contributed by atoms with van der Waals surface area (Å²) in [7, 11) is 2.09. The molecule has 0 spiro atoms. The van der Waals surface area contributed by atoms with Gasteiger partial charge < -0.3 is 0 Å². The molecule has 1 aliphatic rings. The average molecular weight is 248 g/mol. The van der Waals surface area contributed by atoms with E-state index in [9.17, 15) is 4.79 Å². The van der Waals surface area contributed by atoms with E-state index in [-0.39, 0.29) is 5.91 Å². The van der Waals surface area contributed by atoms with Crippen molar-refractivity contribution in [2.24, 2.45) is 5.84 Å². The van der Waals surface area contributed by atoms with E-state index >= 15 is 0 Å². The molecule has 0 unspecified atom stereocenters. The van der Waals surface area contributed by atoms with E-state index < -0.39 is 0 Å². The number of hydrogen-bond donors (Lipinski definition) is 2. The average Bonchev–Trinajstić information content (AvgIpc) is 2.92. The first-order valence-corrected chi connectivity index (χ1v) is 6.37. The van der Waals surface area contributed by atoms with Crippen LogP contribution < -0.4 is 11.3 Å². The quantitative estimate of drug-likeness (QED) is 0.475. The molecule has 1 aromatic rings. The molecule has 0 radical (unpaired) electrons. The monoisotopic (exact) mass is 248 g/mol. The Balaban J connectivity index is 2.10. The van der Waals surface area contributed by atoms with Crippen molar-refractivity contribution in [3.63, 3.8) is 0 Å². The van der Waals surface area contributed by atoms with Gasteiger partial charge in [0, 0.05) is 18.8 Å². The number of carbonyl (C=O) groups is 1. The molecule has 98 valence electrons. The Kier molecular flexibility index (Phi) is 4.28. The number of amides is 1. The lowest BCUT2D eigenvalue weighted by Gasteiger charge is -2.24. The van der Waals surface area contributed by atoms with Crippen molar-refractivity contribution >= 4 is 5.91 Å². The van der Waals surface area contributed by atoms with Gasteiger partial charge in [-0.2, -0.15) is 0 Å². The highest BCUT2D eigenvalue weighted by Gasteiger charge is 2.21. The zero-order chi connectivity index (χ0) is 13.0. The van der Waals surface area contributed by atoms with Crippen molar-refractivity contribution in [2.45, 2.75) is 38.3 Å². The lowest BCUT2D eigenvalue weighted by atomic mass is 10.1. The lowest BCUT2D eigenvalue weighted by Crippen LogP contribution is -2.33. The number of nitrogens with one attached hydrogen (secondary N) is 1. The molecule has 0 atom stereocenters. The van der Waals surface area contributed by atoms with Gasteiger partial charge in [-0.25, -0.2) is 5.84 Å². The summed E-state index contributed by atoms with van der Waals surface area (Å²) in [5, 5.41) is 0. The fourth-order valence-electron chi connectivity index (χ4n) is 2.56. The molecule has 0 saturated heterocycles. The fraction of sp³-hybridized carbons (Fsp3) is 0.538. The second-order valence-corrected chi connectivity index (χ2v) is 4.82. The van der Waals surface area contributed by atoms with Crippen LogP contribution in [0.15, 0.2) is 18.3 Å². The summed E-state index contributed by atoms with van der Waals surface area (Å²) in [4.78, 5) is 18.2. The van der Waals surface area contributed by atoms with E-state index in [0.717, 1.165) is 5.69 Å². The topological polar surface area (TPSA) is 71.2 Å².